The first-order chi connectivity index (χ1) is 13.6. The Hall–Kier alpha value is -2.40. The van der Waals surface area contributed by atoms with E-state index in [0.717, 1.165) is 44.8 Å². The molecule has 5 heteroatoms. The predicted molar refractivity (Wildman–Crippen MR) is 113 cm³/mol. The van der Waals surface area contributed by atoms with Gasteiger partial charge in [-0.05, 0) is 54.8 Å². The summed E-state index contributed by atoms with van der Waals surface area (Å²) < 4.78 is 0. The molecule has 2 aromatic rings. The third kappa shape index (κ3) is 3.76. The molecule has 2 saturated heterocycles. The first-order valence-corrected chi connectivity index (χ1v) is 10.4. The summed E-state index contributed by atoms with van der Waals surface area (Å²) in [5.41, 5.74) is 7.89. The fraction of sp³-hybridized carbons (Fsp3) is 0.478. The maximum atomic E-state index is 11.8. The molecule has 148 valence electrons. The number of primary amides is 1. The van der Waals surface area contributed by atoms with Crippen LogP contribution in [0.5, 0.6) is 0 Å². The van der Waals surface area contributed by atoms with Crippen molar-refractivity contribution in [2.45, 2.75) is 32.1 Å². The van der Waals surface area contributed by atoms with Gasteiger partial charge in [0, 0.05) is 32.4 Å². The van der Waals surface area contributed by atoms with Gasteiger partial charge in [-0.3, -0.25) is 4.79 Å². The third-order valence-electron chi connectivity index (χ3n) is 6.61. The second kappa shape index (κ2) is 7.92. The average Bonchev–Trinajstić information content (AvgIpc) is 2.74. The minimum absolute atomic E-state index is 0.340. The minimum atomic E-state index is -0.401. The van der Waals surface area contributed by atoms with Crippen LogP contribution in [-0.2, 0) is 0 Å². The van der Waals surface area contributed by atoms with Crippen molar-refractivity contribution in [2.75, 3.05) is 37.6 Å². The second-order valence-corrected chi connectivity index (χ2v) is 8.37. The number of anilines is 1. The normalized spacial score (nSPS) is 22.3. The minimum Gasteiger partial charge on any atom is -0.365 e. The monoisotopic (exact) mass is 378 g/mol. The van der Waals surface area contributed by atoms with Crippen LogP contribution in [0.25, 0.3) is 0 Å². The molecule has 2 N–H and O–H groups in total. The van der Waals surface area contributed by atoms with Gasteiger partial charge in [-0.2, -0.15) is 0 Å². The number of rotatable bonds is 4. The number of likely N-dealkylation sites (N-methyl/N-ethyl adjacent to an activating group) is 1. The van der Waals surface area contributed by atoms with Crippen LogP contribution in [0.3, 0.4) is 0 Å². The van der Waals surface area contributed by atoms with Gasteiger partial charge < -0.3 is 15.5 Å². The highest BCUT2D eigenvalue weighted by Gasteiger charge is 2.42. The largest absolute Gasteiger partial charge is 0.365 e. The number of amides is 1. The molecule has 0 saturated carbocycles. The Balaban J connectivity index is 1.52. The van der Waals surface area contributed by atoms with Gasteiger partial charge in [-0.25, -0.2) is 4.98 Å². The van der Waals surface area contributed by atoms with Crippen LogP contribution in [0.1, 0.15) is 48.0 Å². The summed E-state index contributed by atoms with van der Waals surface area (Å²) in [4.78, 5) is 21.1. The summed E-state index contributed by atoms with van der Waals surface area (Å²) in [6.45, 7) is 7.54. The van der Waals surface area contributed by atoms with Crippen LogP contribution in [0, 0.1) is 5.41 Å². The second-order valence-electron chi connectivity index (χ2n) is 8.37. The zero-order valence-corrected chi connectivity index (χ0v) is 16.7. The van der Waals surface area contributed by atoms with Crippen molar-refractivity contribution in [3.8, 4) is 0 Å². The van der Waals surface area contributed by atoms with Gasteiger partial charge >= 0.3 is 0 Å². The van der Waals surface area contributed by atoms with Gasteiger partial charge in [0.1, 0.15) is 5.82 Å². The average molecular weight is 379 g/mol. The smallest absolute Gasteiger partial charge is 0.252 e. The Bertz CT molecular complexity index is 814. The zero-order chi connectivity index (χ0) is 19.6. The quantitative estimate of drug-likeness (QED) is 0.887. The Morgan fingerprint density at radius 1 is 1.18 bits per heavy atom. The number of carbonyl (C=O) groups is 1. The first kappa shape index (κ1) is 18.9. The molecule has 2 aliphatic heterocycles. The highest BCUT2D eigenvalue weighted by atomic mass is 16.1. The van der Waals surface area contributed by atoms with Crippen LogP contribution in [0.15, 0.2) is 48.7 Å². The molecular formula is C23H30N4O. The Kier molecular flexibility index (Phi) is 5.36. The summed E-state index contributed by atoms with van der Waals surface area (Å²) >= 11 is 0. The van der Waals surface area contributed by atoms with E-state index in [1.807, 2.05) is 0 Å². The van der Waals surface area contributed by atoms with Crippen molar-refractivity contribution < 1.29 is 4.79 Å². The predicted octanol–water partition coefficient (Wildman–Crippen LogP) is 3.28. The van der Waals surface area contributed by atoms with Crippen molar-refractivity contribution in [3.05, 3.63) is 59.8 Å². The van der Waals surface area contributed by atoms with Crippen molar-refractivity contribution in [3.63, 3.8) is 0 Å². The Labute approximate surface area is 167 Å². The van der Waals surface area contributed by atoms with Gasteiger partial charge in [0.25, 0.3) is 5.91 Å². The molecule has 0 bridgehead atoms. The highest BCUT2D eigenvalue weighted by molar-refractivity contribution is 5.97. The zero-order valence-electron chi connectivity index (χ0n) is 16.7. The number of pyridine rings is 1. The van der Waals surface area contributed by atoms with E-state index >= 15 is 0 Å². The lowest BCUT2D eigenvalue weighted by Crippen LogP contribution is -2.52. The van der Waals surface area contributed by atoms with E-state index in [0.29, 0.717) is 16.9 Å². The highest BCUT2D eigenvalue weighted by Crippen LogP contribution is 2.45. The molecule has 5 nitrogen and oxygen atoms in total. The van der Waals surface area contributed by atoms with Crippen LogP contribution < -0.4 is 10.6 Å². The molecule has 0 unspecified atom stereocenters. The van der Waals surface area contributed by atoms with Gasteiger partial charge in [-0.1, -0.05) is 37.3 Å². The number of hydrogen-bond donors (Lipinski definition) is 1. The molecule has 1 spiro atoms. The number of likely N-dealkylation sites (tertiary alicyclic amines) is 1. The number of benzene rings is 1. The fourth-order valence-corrected chi connectivity index (χ4v) is 5.09. The van der Waals surface area contributed by atoms with Gasteiger partial charge in [0.05, 0.1) is 5.56 Å². The molecule has 2 aliphatic rings. The number of nitrogens with two attached hydrogens (primary N) is 1. The molecule has 1 aromatic carbocycles. The number of aromatic nitrogens is 1. The summed E-state index contributed by atoms with van der Waals surface area (Å²) in [5.74, 6) is 0.937. The van der Waals surface area contributed by atoms with Gasteiger partial charge in [0.15, 0.2) is 0 Å². The van der Waals surface area contributed by atoms with Crippen LogP contribution in [0.2, 0.25) is 0 Å². The maximum absolute atomic E-state index is 11.8. The molecule has 1 amide bonds. The molecule has 28 heavy (non-hydrogen) atoms. The fourth-order valence-electron chi connectivity index (χ4n) is 5.09. The maximum Gasteiger partial charge on any atom is 0.252 e. The van der Waals surface area contributed by atoms with E-state index in [1.165, 1.54) is 18.5 Å². The van der Waals surface area contributed by atoms with E-state index < -0.39 is 5.91 Å². The van der Waals surface area contributed by atoms with Crippen molar-refractivity contribution in [1.82, 2.24) is 9.88 Å². The Morgan fingerprint density at radius 2 is 1.93 bits per heavy atom. The third-order valence-corrected chi connectivity index (χ3v) is 6.61. The number of carbonyl (C=O) groups excluding carboxylic acids is 1. The molecule has 3 heterocycles. The van der Waals surface area contributed by atoms with E-state index in [4.69, 9.17) is 5.73 Å². The first-order valence-electron chi connectivity index (χ1n) is 10.4. The summed E-state index contributed by atoms with van der Waals surface area (Å²) in [7, 11) is 0. The number of nitrogens with zero attached hydrogens (tertiary/aromatic N) is 3. The van der Waals surface area contributed by atoms with E-state index in [9.17, 15) is 4.79 Å². The molecule has 1 aromatic heterocycles. The lowest BCUT2D eigenvalue weighted by atomic mass is 9.68. The molecule has 0 radical (unpaired) electrons. The number of hydrogen-bond acceptors (Lipinski definition) is 4. The molecule has 4 rings (SSSR count). The van der Waals surface area contributed by atoms with Crippen molar-refractivity contribution in [1.29, 1.82) is 0 Å². The van der Waals surface area contributed by atoms with Crippen LogP contribution >= 0.6 is 0 Å². The van der Waals surface area contributed by atoms with Crippen molar-refractivity contribution in [2.24, 2.45) is 11.1 Å². The topological polar surface area (TPSA) is 62.5 Å². The summed E-state index contributed by atoms with van der Waals surface area (Å²) in [6, 6.07) is 14.5. The van der Waals surface area contributed by atoms with E-state index in [2.05, 4.69) is 52.0 Å². The SMILES string of the molecule is CCN1C[C@H](c2ccccc2)CC2(CCN(c3ncccc3C(N)=O)CC2)C1. The lowest BCUT2D eigenvalue weighted by Gasteiger charge is -2.50. The standard InChI is InChI=1S/C23H30N4O/c1-2-26-16-19(18-7-4-3-5-8-18)15-23(17-26)10-13-27(14-11-23)22-20(21(24)28)9-6-12-25-22/h3-9,12,19H,2,10-11,13-17H2,1H3,(H2,24,28)/t19-/m1/s1. The summed E-state index contributed by atoms with van der Waals surface area (Å²) in [5, 5.41) is 0. The number of piperidine rings is 2. The Morgan fingerprint density at radius 3 is 2.61 bits per heavy atom. The van der Waals surface area contributed by atoms with E-state index in [-0.39, 0.29) is 0 Å². The van der Waals surface area contributed by atoms with Gasteiger partial charge in [-0.15, -0.1) is 0 Å². The molecule has 0 aliphatic carbocycles. The van der Waals surface area contributed by atoms with E-state index in [1.54, 1.807) is 18.3 Å². The van der Waals surface area contributed by atoms with Crippen LogP contribution in [-0.4, -0.2) is 48.5 Å². The molecule has 2 fully saturated rings. The molecular weight excluding hydrogens is 348 g/mol. The summed E-state index contributed by atoms with van der Waals surface area (Å²) in [6.07, 6.45) is 5.24. The molecule has 1 atom stereocenters. The van der Waals surface area contributed by atoms with Crippen molar-refractivity contribution >= 4 is 11.7 Å². The van der Waals surface area contributed by atoms with Gasteiger partial charge in [0.2, 0.25) is 0 Å². The lowest BCUT2D eigenvalue weighted by molar-refractivity contribution is 0.0543. The van der Waals surface area contributed by atoms with Crippen LogP contribution in [0.4, 0.5) is 5.82 Å².